The van der Waals surface area contributed by atoms with Crippen molar-refractivity contribution in [2.24, 2.45) is 11.1 Å². The van der Waals surface area contributed by atoms with E-state index in [9.17, 15) is 4.79 Å². The van der Waals surface area contributed by atoms with Gasteiger partial charge in [0.1, 0.15) is 0 Å². The highest BCUT2D eigenvalue weighted by Gasteiger charge is 2.46. The number of nitrogens with two attached hydrogens (primary N) is 1. The molecular formula is C10H20N2O. The SMILES string of the molecule is CC(N)C(C)(C)NC(=O)C1(C)CC1. The smallest absolute Gasteiger partial charge is 0.226 e. The lowest BCUT2D eigenvalue weighted by Crippen LogP contribution is -2.56. The van der Waals surface area contributed by atoms with Crippen molar-refractivity contribution in [1.29, 1.82) is 0 Å². The molecule has 1 saturated carbocycles. The number of hydrogen-bond acceptors (Lipinski definition) is 2. The number of rotatable bonds is 3. The second kappa shape index (κ2) is 2.98. The lowest BCUT2D eigenvalue weighted by atomic mass is 9.95. The Hall–Kier alpha value is -0.570. The number of carbonyl (C=O) groups is 1. The van der Waals surface area contributed by atoms with Crippen molar-refractivity contribution in [1.82, 2.24) is 5.32 Å². The van der Waals surface area contributed by atoms with Crippen LogP contribution in [-0.4, -0.2) is 17.5 Å². The highest BCUT2D eigenvalue weighted by atomic mass is 16.2. The predicted molar refractivity (Wildman–Crippen MR) is 53.2 cm³/mol. The first kappa shape index (κ1) is 10.5. The van der Waals surface area contributed by atoms with Crippen molar-refractivity contribution in [3.8, 4) is 0 Å². The molecule has 3 nitrogen and oxygen atoms in total. The van der Waals surface area contributed by atoms with E-state index in [1.54, 1.807) is 0 Å². The van der Waals surface area contributed by atoms with Gasteiger partial charge in [0, 0.05) is 17.0 Å². The molecule has 0 heterocycles. The summed E-state index contributed by atoms with van der Waals surface area (Å²) in [5.74, 6) is 0.148. The summed E-state index contributed by atoms with van der Waals surface area (Å²) >= 11 is 0. The summed E-state index contributed by atoms with van der Waals surface area (Å²) in [7, 11) is 0. The zero-order valence-electron chi connectivity index (χ0n) is 8.98. The second-order valence-corrected chi connectivity index (χ2v) is 5.03. The van der Waals surface area contributed by atoms with E-state index < -0.39 is 0 Å². The van der Waals surface area contributed by atoms with Gasteiger partial charge >= 0.3 is 0 Å². The molecule has 1 aliphatic carbocycles. The van der Waals surface area contributed by atoms with E-state index in [0.717, 1.165) is 12.8 Å². The topological polar surface area (TPSA) is 55.1 Å². The van der Waals surface area contributed by atoms with Gasteiger partial charge in [-0.25, -0.2) is 0 Å². The zero-order valence-corrected chi connectivity index (χ0v) is 8.98. The molecule has 1 amide bonds. The van der Waals surface area contributed by atoms with Gasteiger partial charge in [-0.2, -0.15) is 0 Å². The minimum Gasteiger partial charge on any atom is -0.349 e. The van der Waals surface area contributed by atoms with E-state index in [0.29, 0.717) is 0 Å². The summed E-state index contributed by atoms with van der Waals surface area (Å²) in [6.45, 7) is 7.83. The van der Waals surface area contributed by atoms with Crippen molar-refractivity contribution in [3.05, 3.63) is 0 Å². The normalized spacial score (nSPS) is 22.2. The van der Waals surface area contributed by atoms with Crippen LogP contribution in [0, 0.1) is 5.41 Å². The fourth-order valence-corrected chi connectivity index (χ4v) is 0.972. The van der Waals surface area contributed by atoms with Gasteiger partial charge < -0.3 is 11.1 Å². The van der Waals surface area contributed by atoms with Crippen molar-refractivity contribution in [2.45, 2.75) is 52.1 Å². The molecule has 0 bridgehead atoms. The van der Waals surface area contributed by atoms with Gasteiger partial charge in [-0.05, 0) is 33.6 Å². The summed E-state index contributed by atoms with van der Waals surface area (Å²) in [5, 5.41) is 2.99. The van der Waals surface area contributed by atoms with E-state index in [4.69, 9.17) is 5.73 Å². The van der Waals surface area contributed by atoms with Gasteiger partial charge in [-0.1, -0.05) is 6.92 Å². The number of carbonyl (C=O) groups excluding carboxylic acids is 1. The van der Waals surface area contributed by atoms with Gasteiger partial charge in [0.2, 0.25) is 5.91 Å². The molecule has 1 atom stereocenters. The monoisotopic (exact) mass is 184 g/mol. The fourth-order valence-electron chi connectivity index (χ4n) is 0.972. The number of nitrogens with one attached hydrogen (secondary N) is 1. The molecule has 0 aliphatic heterocycles. The Kier molecular flexibility index (Phi) is 2.41. The van der Waals surface area contributed by atoms with E-state index in [1.165, 1.54) is 0 Å². The lowest BCUT2D eigenvalue weighted by Gasteiger charge is -2.31. The lowest BCUT2D eigenvalue weighted by molar-refractivity contribution is -0.127. The Morgan fingerprint density at radius 3 is 2.31 bits per heavy atom. The standard InChI is InChI=1S/C10H20N2O/c1-7(11)9(2,3)12-8(13)10(4)5-6-10/h7H,5-6,11H2,1-4H3,(H,12,13). The second-order valence-electron chi connectivity index (χ2n) is 5.03. The summed E-state index contributed by atoms with van der Waals surface area (Å²) in [5.41, 5.74) is 5.36. The van der Waals surface area contributed by atoms with E-state index >= 15 is 0 Å². The molecule has 1 rings (SSSR count). The molecule has 0 aromatic carbocycles. The van der Waals surface area contributed by atoms with Crippen LogP contribution in [0.2, 0.25) is 0 Å². The first-order chi connectivity index (χ1) is 5.78. The molecule has 0 saturated heterocycles. The molecule has 0 aromatic heterocycles. The Labute approximate surface area is 80.1 Å². The van der Waals surface area contributed by atoms with Crippen LogP contribution in [0.3, 0.4) is 0 Å². The van der Waals surface area contributed by atoms with Crippen LogP contribution in [0.5, 0.6) is 0 Å². The zero-order chi connectivity index (χ0) is 10.3. The van der Waals surface area contributed by atoms with E-state index in [-0.39, 0.29) is 22.9 Å². The van der Waals surface area contributed by atoms with Crippen LogP contribution >= 0.6 is 0 Å². The van der Waals surface area contributed by atoms with Gasteiger partial charge in [-0.3, -0.25) is 4.79 Å². The molecule has 0 spiro atoms. The molecule has 0 aromatic rings. The van der Waals surface area contributed by atoms with Crippen LogP contribution < -0.4 is 11.1 Å². The third-order valence-electron chi connectivity index (χ3n) is 3.12. The Bertz CT molecular complexity index is 217. The Morgan fingerprint density at radius 1 is 1.54 bits per heavy atom. The average molecular weight is 184 g/mol. The average Bonchev–Trinajstić information content (AvgIpc) is 2.68. The van der Waals surface area contributed by atoms with Crippen molar-refractivity contribution >= 4 is 5.91 Å². The third kappa shape index (κ3) is 2.21. The molecule has 13 heavy (non-hydrogen) atoms. The highest BCUT2D eigenvalue weighted by molar-refractivity contribution is 5.85. The van der Waals surface area contributed by atoms with Crippen molar-refractivity contribution in [2.75, 3.05) is 0 Å². The van der Waals surface area contributed by atoms with E-state index in [2.05, 4.69) is 5.32 Å². The van der Waals surface area contributed by atoms with Crippen LogP contribution in [0.15, 0.2) is 0 Å². The molecule has 1 aliphatic rings. The summed E-state index contributed by atoms with van der Waals surface area (Å²) in [6, 6.07) is -0.0289. The van der Waals surface area contributed by atoms with Crippen LogP contribution in [0.4, 0.5) is 0 Å². The fraction of sp³-hybridized carbons (Fsp3) is 0.900. The minimum atomic E-state index is -0.303. The minimum absolute atomic E-state index is 0.0289. The predicted octanol–water partition coefficient (Wildman–Crippen LogP) is 1.03. The summed E-state index contributed by atoms with van der Waals surface area (Å²) < 4.78 is 0. The van der Waals surface area contributed by atoms with Crippen molar-refractivity contribution in [3.63, 3.8) is 0 Å². The molecule has 0 radical (unpaired) electrons. The molecule has 3 N–H and O–H groups in total. The molecule has 1 fully saturated rings. The maximum absolute atomic E-state index is 11.7. The van der Waals surface area contributed by atoms with Gasteiger partial charge in [0.25, 0.3) is 0 Å². The van der Waals surface area contributed by atoms with Gasteiger partial charge in [0.15, 0.2) is 0 Å². The van der Waals surface area contributed by atoms with Gasteiger partial charge in [-0.15, -0.1) is 0 Å². The Balaban J connectivity index is 2.53. The maximum atomic E-state index is 11.7. The largest absolute Gasteiger partial charge is 0.349 e. The van der Waals surface area contributed by atoms with Crippen LogP contribution in [0.1, 0.15) is 40.5 Å². The number of amides is 1. The first-order valence-corrected chi connectivity index (χ1v) is 4.86. The quantitative estimate of drug-likeness (QED) is 0.688. The summed E-state index contributed by atoms with van der Waals surface area (Å²) in [4.78, 5) is 11.7. The summed E-state index contributed by atoms with van der Waals surface area (Å²) in [6.07, 6.45) is 2.02. The Morgan fingerprint density at radius 2 is 2.00 bits per heavy atom. The molecule has 76 valence electrons. The molecule has 1 unspecified atom stereocenters. The first-order valence-electron chi connectivity index (χ1n) is 4.86. The highest BCUT2D eigenvalue weighted by Crippen LogP contribution is 2.45. The molecule has 3 heteroatoms. The van der Waals surface area contributed by atoms with Crippen molar-refractivity contribution < 1.29 is 4.79 Å². The van der Waals surface area contributed by atoms with E-state index in [1.807, 2.05) is 27.7 Å². The molecular weight excluding hydrogens is 164 g/mol. The van der Waals surface area contributed by atoms with Crippen LogP contribution in [0.25, 0.3) is 0 Å². The number of hydrogen-bond donors (Lipinski definition) is 2. The third-order valence-corrected chi connectivity index (χ3v) is 3.12. The van der Waals surface area contributed by atoms with Crippen LogP contribution in [-0.2, 0) is 4.79 Å². The maximum Gasteiger partial charge on any atom is 0.226 e. The van der Waals surface area contributed by atoms with Gasteiger partial charge in [0.05, 0.1) is 0 Å².